The van der Waals surface area contributed by atoms with Crippen LogP contribution in [-0.4, -0.2) is 24.3 Å². The molecule has 0 fully saturated rings. The van der Waals surface area contributed by atoms with Gasteiger partial charge in [-0.3, -0.25) is 0 Å². The summed E-state index contributed by atoms with van der Waals surface area (Å²) in [6.45, 7) is 6.39. The van der Waals surface area contributed by atoms with Gasteiger partial charge in [0.2, 0.25) is 0 Å². The number of aromatic nitrogens is 5. The van der Waals surface area contributed by atoms with Gasteiger partial charge in [0.25, 0.3) is 0 Å². The van der Waals surface area contributed by atoms with Crippen LogP contribution in [0.5, 0.6) is 0 Å². The Bertz CT molecular complexity index is 731. The van der Waals surface area contributed by atoms with Gasteiger partial charge < -0.3 is 9.88 Å². The predicted molar refractivity (Wildman–Crippen MR) is 85.5 cm³/mol. The molecule has 21 heavy (non-hydrogen) atoms. The van der Waals surface area contributed by atoms with E-state index in [1.165, 1.54) is 0 Å². The molecule has 0 saturated heterocycles. The van der Waals surface area contributed by atoms with E-state index in [0.717, 1.165) is 27.0 Å². The summed E-state index contributed by atoms with van der Waals surface area (Å²) in [7, 11) is 3.95. The van der Waals surface area contributed by atoms with Crippen LogP contribution >= 0.6 is 11.3 Å². The highest BCUT2D eigenvalue weighted by atomic mass is 32.1. The third-order valence-corrected chi connectivity index (χ3v) is 4.71. The molecule has 112 valence electrons. The topological polar surface area (TPSA) is 60.6 Å². The normalized spacial score (nSPS) is 13.2. The minimum Gasteiger partial charge on any atom is -0.351 e. The highest BCUT2D eigenvalue weighted by Crippen LogP contribution is 2.32. The number of fused-ring (bicyclic) bond motifs is 1. The van der Waals surface area contributed by atoms with E-state index in [0.29, 0.717) is 5.92 Å². The number of rotatable bonds is 4. The molecule has 0 aromatic carbocycles. The average Bonchev–Trinajstić information content (AvgIpc) is 3.06. The zero-order valence-electron chi connectivity index (χ0n) is 13.0. The minimum absolute atomic E-state index is 0.138. The molecule has 3 heterocycles. The molecular weight excluding hydrogens is 284 g/mol. The highest BCUT2D eigenvalue weighted by Gasteiger charge is 2.22. The fourth-order valence-electron chi connectivity index (χ4n) is 2.49. The van der Waals surface area contributed by atoms with Crippen molar-refractivity contribution in [2.24, 2.45) is 20.0 Å². The zero-order chi connectivity index (χ0) is 15.1. The van der Waals surface area contributed by atoms with Crippen molar-refractivity contribution < 1.29 is 0 Å². The second-order valence-corrected chi connectivity index (χ2v) is 6.64. The first-order valence-corrected chi connectivity index (χ1v) is 7.83. The lowest BCUT2D eigenvalue weighted by molar-refractivity contribution is 0.508. The highest BCUT2D eigenvalue weighted by molar-refractivity contribution is 7.22. The molecule has 0 saturated carbocycles. The van der Waals surface area contributed by atoms with E-state index in [4.69, 9.17) is 0 Å². The Balaban J connectivity index is 1.95. The van der Waals surface area contributed by atoms with Crippen molar-refractivity contribution in [3.63, 3.8) is 0 Å². The molecule has 0 radical (unpaired) electrons. The van der Waals surface area contributed by atoms with E-state index in [1.54, 1.807) is 11.3 Å². The average molecular weight is 304 g/mol. The van der Waals surface area contributed by atoms with Crippen LogP contribution in [0.2, 0.25) is 0 Å². The number of nitrogens with one attached hydrogen (secondary N) is 1. The quantitative estimate of drug-likeness (QED) is 0.805. The van der Waals surface area contributed by atoms with Gasteiger partial charge in [-0.2, -0.15) is 5.10 Å². The summed E-state index contributed by atoms with van der Waals surface area (Å²) in [4.78, 5) is 9.14. The minimum atomic E-state index is 0.138. The maximum Gasteiger partial charge on any atom is 0.186 e. The van der Waals surface area contributed by atoms with Crippen LogP contribution in [0.4, 0.5) is 5.13 Å². The van der Waals surface area contributed by atoms with Crippen molar-refractivity contribution >= 4 is 26.8 Å². The SMILES string of the molecule is Cc1nn(C)c2nc(N[C@@H](c3nccn3C)C(C)C)sc12. The molecule has 0 aliphatic rings. The molecule has 0 amide bonds. The van der Waals surface area contributed by atoms with Crippen molar-refractivity contribution in [3.8, 4) is 0 Å². The molecule has 6 nitrogen and oxygen atoms in total. The van der Waals surface area contributed by atoms with E-state index in [9.17, 15) is 0 Å². The summed E-state index contributed by atoms with van der Waals surface area (Å²) in [6, 6.07) is 0.138. The summed E-state index contributed by atoms with van der Waals surface area (Å²) in [6.07, 6.45) is 3.80. The third kappa shape index (κ3) is 2.42. The Hall–Kier alpha value is -1.89. The van der Waals surface area contributed by atoms with Crippen LogP contribution in [0.25, 0.3) is 10.3 Å². The van der Waals surface area contributed by atoms with Crippen molar-refractivity contribution in [2.45, 2.75) is 26.8 Å². The standard InChI is InChI=1S/C14H20N6S/c1-8(2)10(12-15-6-7-19(12)4)16-14-17-13-11(21-14)9(3)18-20(13)5/h6-8,10H,1-5H3,(H,16,17)/t10-/m1/s1. The van der Waals surface area contributed by atoms with Gasteiger partial charge in [0, 0.05) is 26.5 Å². The van der Waals surface area contributed by atoms with Gasteiger partial charge in [0.1, 0.15) is 5.82 Å². The van der Waals surface area contributed by atoms with Crippen molar-refractivity contribution in [3.05, 3.63) is 23.9 Å². The zero-order valence-corrected chi connectivity index (χ0v) is 13.8. The fourth-order valence-corrected chi connectivity index (χ4v) is 3.45. The Morgan fingerprint density at radius 1 is 1.29 bits per heavy atom. The van der Waals surface area contributed by atoms with Gasteiger partial charge in [-0.1, -0.05) is 25.2 Å². The van der Waals surface area contributed by atoms with E-state index in [1.807, 2.05) is 38.1 Å². The van der Waals surface area contributed by atoms with Crippen LogP contribution in [0, 0.1) is 12.8 Å². The lowest BCUT2D eigenvalue weighted by Gasteiger charge is -2.21. The van der Waals surface area contributed by atoms with Crippen LogP contribution in [-0.2, 0) is 14.1 Å². The van der Waals surface area contributed by atoms with Crippen LogP contribution in [0.3, 0.4) is 0 Å². The molecule has 1 atom stereocenters. The van der Waals surface area contributed by atoms with Gasteiger partial charge in [0.15, 0.2) is 10.8 Å². The molecule has 3 aromatic rings. The van der Waals surface area contributed by atoms with Gasteiger partial charge >= 0.3 is 0 Å². The number of imidazole rings is 1. The number of hydrogen-bond donors (Lipinski definition) is 1. The van der Waals surface area contributed by atoms with Gasteiger partial charge in [-0.15, -0.1) is 0 Å². The lowest BCUT2D eigenvalue weighted by atomic mass is 10.0. The first kappa shape index (κ1) is 14.1. The molecule has 0 aliphatic heterocycles. The number of thiazole rings is 1. The predicted octanol–water partition coefficient (Wildman–Crippen LogP) is 2.88. The fraction of sp³-hybridized carbons (Fsp3) is 0.500. The van der Waals surface area contributed by atoms with Crippen LogP contribution in [0.1, 0.15) is 31.4 Å². The van der Waals surface area contributed by atoms with E-state index >= 15 is 0 Å². The monoisotopic (exact) mass is 304 g/mol. The first-order valence-electron chi connectivity index (χ1n) is 7.01. The molecule has 0 bridgehead atoms. The Labute approximate surface area is 127 Å². The first-order chi connectivity index (χ1) is 9.97. The second kappa shape index (κ2) is 5.14. The molecule has 0 unspecified atom stereocenters. The Morgan fingerprint density at radius 3 is 2.62 bits per heavy atom. The molecule has 3 rings (SSSR count). The molecule has 3 aromatic heterocycles. The van der Waals surface area contributed by atoms with Crippen LogP contribution in [0.15, 0.2) is 12.4 Å². The summed E-state index contributed by atoms with van der Waals surface area (Å²) in [5.74, 6) is 1.44. The summed E-state index contributed by atoms with van der Waals surface area (Å²) >= 11 is 1.65. The summed E-state index contributed by atoms with van der Waals surface area (Å²) in [5, 5.41) is 8.84. The molecule has 1 N–H and O–H groups in total. The number of nitrogens with zero attached hydrogens (tertiary/aromatic N) is 5. The molecule has 0 spiro atoms. The summed E-state index contributed by atoms with van der Waals surface area (Å²) < 4.78 is 5.03. The molecule has 7 heteroatoms. The van der Waals surface area contributed by atoms with E-state index in [2.05, 4.69) is 38.8 Å². The van der Waals surface area contributed by atoms with Gasteiger partial charge in [-0.05, 0) is 12.8 Å². The van der Waals surface area contributed by atoms with Gasteiger partial charge in [0.05, 0.1) is 16.4 Å². The van der Waals surface area contributed by atoms with E-state index < -0.39 is 0 Å². The molecule has 0 aliphatic carbocycles. The smallest absolute Gasteiger partial charge is 0.186 e. The third-order valence-electron chi connectivity index (χ3n) is 3.63. The maximum absolute atomic E-state index is 4.67. The Kier molecular flexibility index (Phi) is 3.44. The Morgan fingerprint density at radius 2 is 2.05 bits per heavy atom. The second-order valence-electron chi connectivity index (χ2n) is 5.64. The largest absolute Gasteiger partial charge is 0.351 e. The number of anilines is 1. The van der Waals surface area contributed by atoms with Crippen molar-refractivity contribution in [1.29, 1.82) is 0 Å². The maximum atomic E-state index is 4.67. The van der Waals surface area contributed by atoms with E-state index in [-0.39, 0.29) is 6.04 Å². The van der Waals surface area contributed by atoms with Crippen molar-refractivity contribution in [2.75, 3.05) is 5.32 Å². The van der Waals surface area contributed by atoms with Crippen LogP contribution < -0.4 is 5.32 Å². The van der Waals surface area contributed by atoms with Gasteiger partial charge in [-0.25, -0.2) is 14.6 Å². The van der Waals surface area contributed by atoms with Crippen molar-refractivity contribution in [1.82, 2.24) is 24.3 Å². The number of aryl methyl sites for hydroxylation is 3. The lowest BCUT2D eigenvalue weighted by Crippen LogP contribution is -2.20. The summed E-state index contributed by atoms with van der Waals surface area (Å²) in [5.41, 5.74) is 1.96. The number of hydrogen-bond acceptors (Lipinski definition) is 5. The molecular formula is C14H20N6S.